The molecule has 2 aromatic rings. The normalized spacial score (nSPS) is 13.7. The Balaban J connectivity index is 1.72. The van der Waals surface area contributed by atoms with Crippen molar-refractivity contribution in [3.63, 3.8) is 0 Å². The Morgan fingerprint density at radius 1 is 1.21 bits per heavy atom. The number of fused-ring (bicyclic) bond motifs is 1. The van der Waals surface area contributed by atoms with Gasteiger partial charge in [-0.05, 0) is 43.5 Å². The van der Waals surface area contributed by atoms with Gasteiger partial charge in [0.1, 0.15) is 11.6 Å². The molecule has 1 aromatic carbocycles. The molecule has 0 radical (unpaired) electrons. The number of halogens is 2. The molecule has 0 fully saturated rings. The second-order valence-electron chi connectivity index (χ2n) is 5.88. The summed E-state index contributed by atoms with van der Waals surface area (Å²) in [6, 6.07) is 5.69. The number of rotatable bonds is 4. The lowest BCUT2D eigenvalue weighted by molar-refractivity contribution is -0.118. The predicted molar refractivity (Wildman–Crippen MR) is 89.7 cm³/mol. The van der Waals surface area contributed by atoms with Crippen molar-refractivity contribution in [2.24, 2.45) is 0 Å². The maximum atomic E-state index is 14.1. The highest BCUT2D eigenvalue weighted by Gasteiger charge is 2.26. The SMILES string of the molecule is Cc1ccc(C(=O)CCC(=O)N2CCCc3cc(F)cc(F)c32)s1. The molecule has 1 aliphatic heterocycles. The fourth-order valence-corrected chi connectivity index (χ4v) is 3.80. The number of nitrogens with zero attached hydrogens (tertiary/aromatic N) is 1. The van der Waals surface area contributed by atoms with E-state index in [-0.39, 0.29) is 30.2 Å². The van der Waals surface area contributed by atoms with Crippen LogP contribution in [0.15, 0.2) is 24.3 Å². The largest absolute Gasteiger partial charge is 0.309 e. The van der Waals surface area contributed by atoms with Gasteiger partial charge >= 0.3 is 0 Å². The van der Waals surface area contributed by atoms with Crippen molar-refractivity contribution in [1.82, 2.24) is 0 Å². The van der Waals surface area contributed by atoms with E-state index in [1.165, 1.54) is 22.3 Å². The van der Waals surface area contributed by atoms with E-state index in [1.54, 1.807) is 6.07 Å². The van der Waals surface area contributed by atoms with Crippen LogP contribution in [-0.4, -0.2) is 18.2 Å². The maximum absolute atomic E-state index is 14.1. The van der Waals surface area contributed by atoms with Gasteiger partial charge in [-0.3, -0.25) is 9.59 Å². The Morgan fingerprint density at radius 3 is 2.71 bits per heavy atom. The molecule has 0 atom stereocenters. The number of benzene rings is 1. The van der Waals surface area contributed by atoms with E-state index in [4.69, 9.17) is 0 Å². The summed E-state index contributed by atoms with van der Waals surface area (Å²) in [5.74, 6) is -1.75. The van der Waals surface area contributed by atoms with Crippen molar-refractivity contribution in [2.75, 3.05) is 11.4 Å². The summed E-state index contributed by atoms with van der Waals surface area (Å²) in [4.78, 5) is 27.6. The topological polar surface area (TPSA) is 37.4 Å². The average Bonchev–Trinajstić information content (AvgIpc) is 2.98. The van der Waals surface area contributed by atoms with E-state index in [2.05, 4.69) is 0 Å². The van der Waals surface area contributed by atoms with Gasteiger partial charge in [-0.2, -0.15) is 0 Å². The lowest BCUT2D eigenvalue weighted by Crippen LogP contribution is -2.36. The van der Waals surface area contributed by atoms with Crippen LogP contribution >= 0.6 is 11.3 Å². The van der Waals surface area contributed by atoms with Crippen molar-refractivity contribution >= 4 is 28.7 Å². The number of hydrogen-bond acceptors (Lipinski definition) is 3. The number of carbonyl (C=O) groups excluding carboxylic acids is 2. The molecule has 2 heterocycles. The van der Waals surface area contributed by atoms with Gasteiger partial charge in [-0.15, -0.1) is 11.3 Å². The summed E-state index contributed by atoms with van der Waals surface area (Å²) in [6.45, 7) is 2.31. The molecule has 0 N–H and O–H groups in total. The number of aryl methyl sites for hydroxylation is 2. The predicted octanol–water partition coefficient (Wildman–Crippen LogP) is 4.28. The molecule has 1 amide bonds. The lowest BCUT2D eigenvalue weighted by Gasteiger charge is -2.30. The molecule has 0 saturated carbocycles. The molecule has 1 aliphatic rings. The highest BCUT2D eigenvalue weighted by molar-refractivity contribution is 7.14. The molecular weight excluding hydrogens is 332 g/mol. The van der Waals surface area contributed by atoms with E-state index < -0.39 is 11.6 Å². The monoisotopic (exact) mass is 349 g/mol. The zero-order valence-electron chi connectivity index (χ0n) is 13.3. The Morgan fingerprint density at radius 2 is 2.00 bits per heavy atom. The van der Waals surface area contributed by atoms with Crippen molar-refractivity contribution in [2.45, 2.75) is 32.6 Å². The van der Waals surface area contributed by atoms with Gasteiger partial charge in [-0.25, -0.2) is 8.78 Å². The molecule has 0 saturated heterocycles. The van der Waals surface area contributed by atoms with E-state index in [0.717, 1.165) is 10.9 Å². The third-order valence-corrected chi connectivity index (χ3v) is 5.13. The summed E-state index contributed by atoms with van der Waals surface area (Å²) in [7, 11) is 0. The summed E-state index contributed by atoms with van der Waals surface area (Å²) in [5.41, 5.74) is 0.666. The van der Waals surface area contributed by atoms with Crippen molar-refractivity contribution < 1.29 is 18.4 Å². The zero-order chi connectivity index (χ0) is 17.3. The van der Waals surface area contributed by atoms with Crippen LogP contribution in [0.5, 0.6) is 0 Å². The molecular formula is C18H17F2NO2S. The smallest absolute Gasteiger partial charge is 0.227 e. The fraction of sp³-hybridized carbons (Fsp3) is 0.333. The van der Waals surface area contributed by atoms with Gasteiger partial charge in [0.15, 0.2) is 5.78 Å². The van der Waals surface area contributed by atoms with Crippen molar-refractivity contribution in [3.8, 4) is 0 Å². The summed E-state index contributed by atoms with van der Waals surface area (Å²) < 4.78 is 27.5. The maximum Gasteiger partial charge on any atom is 0.227 e. The average molecular weight is 349 g/mol. The summed E-state index contributed by atoms with van der Waals surface area (Å²) in [5, 5.41) is 0. The van der Waals surface area contributed by atoms with E-state index in [0.29, 0.717) is 29.8 Å². The van der Waals surface area contributed by atoms with Crippen molar-refractivity contribution in [3.05, 3.63) is 51.2 Å². The molecule has 0 unspecified atom stereocenters. The molecule has 24 heavy (non-hydrogen) atoms. The van der Waals surface area contributed by atoms with Crippen LogP contribution in [0, 0.1) is 18.6 Å². The van der Waals surface area contributed by atoms with Crippen LogP contribution in [0.2, 0.25) is 0 Å². The van der Waals surface area contributed by atoms with Gasteiger partial charge < -0.3 is 4.90 Å². The molecule has 3 rings (SSSR count). The molecule has 0 bridgehead atoms. The third kappa shape index (κ3) is 3.38. The van der Waals surface area contributed by atoms with Crippen LogP contribution in [0.25, 0.3) is 0 Å². The number of thiophene rings is 1. The number of ketones is 1. The number of amides is 1. The van der Waals surface area contributed by atoms with Gasteiger partial charge in [0, 0.05) is 30.3 Å². The second kappa shape index (κ2) is 6.81. The Kier molecular flexibility index (Phi) is 4.76. The van der Waals surface area contributed by atoms with Crippen LogP contribution in [0.1, 0.15) is 39.4 Å². The van der Waals surface area contributed by atoms with Crippen LogP contribution in [0.4, 0.5) is 14.5 Å². The van der Waals surface area contributed by atoms with Gasteiger partial charge in [-0.1, -0.05) is 0 Å². The van der Waals surface area contributed by atoms with E-state index in [1.807, 2.05) is 13.0 Å². The number of carbonyl (C=O) groups is 2. The summed E-state index contributed by atoms with van der Waals surface area (Å²) in [6.07, 6.45) is 1.31. The Labute approximate surface area is 142 Å². The molecule has 126 valence electrons. The van der Waals surface area contributed by atoms with Crippen molar-refractivity contribution in [1.29, 1.82) is 0 Å². The first-order valence-electron chi connectivity index (χ1n) is 7.83. The minimum atomic E-state index is -0.724. The number of Topliss-reactive ketones (excluding diaryl/α,β-unsaturated/α-hetero) is 1. The van der Waals surface area contributed by atoms with Gasteiger partial charge in [0.25, 0.3) is 0 Å². The first kappa shape index (κ1) is 16.8. The Bertz CT molecular complexity index is 800. The third-order valence-electron chi connectivity index (χ3n) is 4.09. The minimum absolute atomic E-state index is 0.0199. The highest BCUT2D eigenvalue weighted by atomic mass is 32.1. The molecule has 0 spiro atoms. The molecule has 6 heteroatoms. The molecule has 3 nitrogen and oxygen atoms in total. The first-order chi connectivity index (χ1) is 11.5. The standard InChI is InChI=1S/C18H17F2NO2S/c1-11-4-6-16(24-11)15(22)5-7-17(23)21-8-2-3-12-9-13(19)10-14(20)18(12)21/h4,6,9-10H,2-3,5,7-8H2,1H3. The van der Waals surface area contributed by atoms with E-state index >= 15 is 0 Å². The highest BCUT2D eigenvalue weighted by Crippen LogP contribution is 2.31. The van der Waals surface area contributed by atoms with E-state index in [9.17, 15) is 18.4 Å². The zero-order valence-corrected chi connectivity index (χ0v) is 14.1. The summed E-state index contributed by atoms with van der Waals surface area (Å²) >= 11 is 1.40. The minimum Gasteiger partial charge on any atom is -0.309 e. The lowest BCUT2D eigenvalue weighted by atomic mass is 10.00. The van der Waals surface area contributed by atoms with Gasteiger partial charge in [0.2, 0.25) is 5.91 Å². The van der Waals surface area contributed by atoms with Crippen LogP contribution in [0.3, 0.4) is 0 Å². The van der Waals surface area contributed by atoms with Crippen LogP contribution < -0.4 is 4.90 Å². The molecule has 1 aromatic heterocycles. The second-order valence-corrected chi connectivity index (χ2v) is 7.17. The van der Waals surface area contributed by atoms with Gasteiger partial charge in [0.05, 0.1) is 10.6 Å². The Hall–Kier alpha value is -2.08. The number of anilines is 1. The van der Waals surface area contributed by atoms with Crippen LogP contribution in [-0.2, 0) is 11.2 Å². The number of hydrogen-bond donors (Lipinski definition) is 0. The first-order valence-corrected chi connectivity index (χ1v) is 8.65. The quantitative estimate of drug-likeness (QED) is 0.773. The molecule has 0 aliphatic carbocycles. The fourth-order valence-electron chi connectivity index (χ4n) is 2.96.